The van der Waals surface area contributed by atoms with Crippen LogP contribution >= 0.6 is 0 Å². The molecule has 110 valence electrons. The van der Waals surface area contributed by atoms with Crippen molar-refractivity contribution >= 4 is 11.6 Å². The van der Waals surface area contributed by atoms with Crippen molar-refractivity contribution in [3.05, 3.63) is 65.7 Å². The van der Waals surface area contributed by atoms with Gasteiger partial charge in [-0.25, -0.2) is 0 Å². The van der Waals surface area contributed by atoms with E-state index in [1.807, 2.05) is 49.5 Å². The Kier molecular flexibility index (Phi) is 5.38. The van der Waals surface area contributed by atoms with E-state index in [9.17, 15) is 4.79 Å². The van der Waals surface area contributed by atoms with Gasteiger partial charge < -0.3 is 10.6 Å². The molecule has 0 saturated carbocycles. The van der Waals surface area contributed by atoms with Crippen LogP contribution in [0.3, 0.4) is 0 Å². The second kappa shape index (κ2) is 7.48. The van der Waals surface area contributed by atoms with E-state index in [4.69, 9.17) is 0 Å². The van der Waals surface area contributed by atoms with Crippen molar-refractivity contribution in [3.8, 4) is 0 Å². The highest BCUT2D eigenvalue weighted by atomic mass is 16.1. The van der Waals surface area contributed by atoms with Crippen molar-refractivity contribution in [1.29, 1.82) is 0 Å². The van der Waals surface area contributed by atoms with Crippen LogP contribution in [-0.4, -0.2) is 19.0 Å². The van der Waals surface area contributed by atoms with Gasteiger partial charge in [0, 0.05) is 18.8 Å². The van der Waals surface area contributed by atoms with Crippen molar-refractivity contribution in [3.63, 3.8) is 0 Å². The second-order valence-corrected chi connectivity index (χ2v) is 5.06. The van der Waals surface area contributed by atoms with Gasteiger partial charge in [-0.15, -0.1) is 0 Å². The molecule has 0 spiro atoms. The Balaban J connectivity index is 2.06. The average molecular weight is 282 g/mol. The van der Waals surface area contributed by atoms with Crippen LogP contribution < -0.4 is 10.6 Å². The molecule has 2 N–H and O–H groups in total. The third kappa shape index (κ3) is 4.09. The molecule has 0 aromatic heterocycles. The molecule has 3 heteroatoms. The van der Waals surface area contributed by atoms with Gasteiger partial charge in [-0.2, -0.15) is 0 Å². The first-order valence-electron chi connectivity index (χ1n) is 7.36. The molecular formula is C18H22N2O. The summed E-state index contributed by atoms with van der Waals surface area (Å²) in [6.45, 7) is 2.10. The Labute approximate surface area is 126 Å². The Morgan fingerprint density at radius 1 is 1.05 bits per heavy atom. The third-order valence-electron chi connectivity index (χ3n) is 3.59. The van der Waals surface area contributed by atoms with Crippen molar-refractivity contribution in [1.82, 2.24) is 5.32 Å². The Morgan fingerprint density at radius 3 is 2.38 bits per heavy atom. The fourth-order valence-corrected chi connectivity index (χ4v) is 2.36. The topological polar surface area (TPSA) is 41.1 Å². The maximum Gasteiger partial charge on any atom is 0.253 e. The van der Waals surface area contributed by atoms with E-state index in [2.05, 4.69) is 29.7 Å². The lowest BCUT2D eigenvalue weighted by molar-refractivity contribution is 0.0936. The number of para-hydroxylation sites is 1. The fourth-order valence-electron chi connectivity index (χ4n) is 2.36. The number of hydrogen-bond donors (Lipinski definition) is 2. The molecule has 0 heterocycles. The molecule has 2 rings (SSSR count). The molecule has 1 unspecified atom stereocenters. The summed E-state index contributed by atoms with van der Waals surface area (Å²) in [6, 6.07) is 17.9. The Morgan fingerprint density at radius 2 is 1.71 bits per heavy atom. The van der Waals surface area contributed by atoms with Gasteiger partial charge in [0.25, 0.3) is 5.91 Å². The Hall–Kier alpha value is -2.29. The van der Waals surface area contributed by atoms with Gasteiger partial charge in [-0.05, 0) is 30.5 Å². The second-order valence-electron chi connectivity index (χ2n) is 5.06. The smallest absolute Gasteiger partial charge is 0.253 e. The molecule has 0 saturated heterocycles. The number of nitrogens with one attached hydrogen (secondary N) is 2. The highest BCUT2D eigenvalue weighted by molar-refractivity contribution is 5.99. The Bertz CT molecular complexity index is 581. The first kappa shape index (κ1) is 15.1. The molecule has 0 bridgehead atoms. The quantitative estimate of drug-likeness (QED) is 0.851. The minimum absolute atomic E-state index is 0.0252. The molecule has 21 heavy (non-hydrogen) atoms. The molecule has 0 radical (unpaired) electrons. The van der Waals surface area contributed by atoms with Crippen LogP contribution in [-0.2, 0) is 6.42 Å². The van der Waals surface area contributed by atoms with Crippen molar-refractivity contribution in [2.75, 3.05) is 12.4 Å². The van der Waals surface area contributed by atoms with E-state index >= 15 is 0 Å². The number of benzene rings is 2. The number of rotatable bonds is 6. The van der Waals surface area contributed by atoms with Gasteiger partial charge in [0.1, 0.15) is 0 Å². The van der Waals surface area contributed by atoms with Gasteiger partial charge in [-0.3, -0.25) is 4.79 Å². The van der Waals surface area contributed by atoms with Crippen LogP contribution in [0, 0.1) is 0 Å². The molecule has 2 aromatic carbocycles. The molecule has 2 aromatic rings. The third-order valence-corrected chi connectivity index (χ3v) is 3.59. The molecule has 1 atom stereocenters. The number of hydrogen-bond acceptors (Lipinski definition) is 2. The van der Waals surface area contributed by atoms with Crippen molar-refractivity contribution < 1.29 is 4.79 Å². The molecule has 0 aliphatic rings. The standard InChI is InChI=1S/C18H22N2O/c1-3-15(13-14-9-5-4-6-10-14)20-18(21)16-11-7-8-12-17(16)19-2/h4-12,15,19H,3,13H2,1-2H3,(H,20,21). The van der Waals surface area contributed by atoms with E-state index < -0.39 is 0 Å². The van der Waals surface area contributed by atoms with Crippen LogP contribution in [0.15, 0.2) is 54.6 Å². The minimum Gasteiger partial charge on any atom is -0.387 e. The van der Waals surface area contributed by atoms with Crippen LogP contribution in [0.25, 0.3) is 0 Å². The van der Waals surface area contributed by atoms with Gasteiger partial charge in [0.2, 0.25) is 0 Å². The summed E-state index contributed by atoms with van der Waals surface area (Å²) in [5, 5.41) is 6.18. The van der Waals surface area contributed by atoms with Crippen molar-refractivity contribution in [2.45, 2.75) is 25.8 Å². The molecule has 0 aliphatic heterocycles. The van der Waals surface area contributed by atoms with Crippen LogP contribution in [0.4, 0.5) is 5.69 Å². The molecule has 0 fully saturated rings. The van der Waals surface area contributed by atoms with Crippen LogP contribution in [0.1, 0.15) is 29.3 Å². The molecule has 3 nitrogen and oxygen atoms in total. The minimum atomic E-state index is -0.0252. The normalized spacial score (nSPS) is 11.7. The van der Waals surface area contributed by atoms with Crippen LogP contribution in [0.2, 0.25) is 0 Å². The maximum absolute atomic E-state index is 12.4. The largest absolute Gasteiger partial charge is 0.387 e. The zero-order valence-corrected chi connectivity index (χ0v) is 12.6. The van der Waals surface area contributed by atoms with Crippen molar-refractivity contribution in [2.24, 2.45) is 0 Å². The lowest BCUT2D eigenvalue weighted by Gasteiger charge is -2.18. The monoisotopic (exact) mass is 282 g/mol. The summed E-state index contributed by atoms with van der Waals surface area (Å²) in [5.74, 6) is -0.0252. The van der Waals surface area contributed by atoms with Crippen LogP contribution in [0.5, 0.6) is 0 Å². The summed E-state index contributed by atoms with van der Waals surface area (Å²) >= 11 is 0. The zero-order chi connectivity index (χ0) is 15.1. The molecule has 1 amide bonds. The predicted octanol–water partition coefficient (Wildman–Crippen LogP) is 3.48. The van der Waals surface area contributed by atoms with E-state index in [0.29, 0.717) is 5.56 Å². The lowest BCUT2D eigenvalue weighted by atomic mass is 10.0. The highest BCUT2D eigenvalue weighted by Crippen LogP contribution is 2.15. The fraction of sp³-hybridized carbons (Fsp3) is 0.278. The number of carbonyl (C=O) groups is 1. The number of carbonyl (C=O) groups excluding carboxylic acids is 1. The summed E-state index contributed by atoms with van der Waals surface area (Å²) < 4.78 is 0. The summed E-state index contributed by atoms with van der Waals surface area (Å²) in [6.07, 6.45) is 1.76. The van der Waals surface area contributed by atoms with Gasteiger partial charge >= 0.3 is 0 Å². The summed E-state index contributed by atoms with van der Waals surface area (Å²) in [7, 11) is 1.83. The lowest BCUT2D eigenvalue weighted by Crippen LogP contribution is -2.36. The average Bonchev–Trinajstić information content (AvgIpc) is 2.55. The summed E-state index contributed by atoms with van der Waals surface area (Å²) in [5.41, 5.74) is 2.78. The van der Waals surface area contributed by atoms with E-state index in [0.717, 1.165) is 18.5 Å². The SMILES string of the molecule is CCC(Cc1ccccc1)NC(=O)c1ccccc1NC. The first-order valence-corrected chi connectivity index (χ1v) is 7.36. The summed E-state index contributed by atoms with van der Waals surface area (Å²) in [4.78, 5) is 12.4. The zero-order valence-electron chi connectivity index (χ0n) is 12.6. The molecular weight excluding hydrogens is 260 g/mol. The predicted molar refractivity (Wildman–Crippen MR) is 87.7 cm³/mol. The van der Waals surface area contributed by atoms with E-state index in [1.165, 1.54) is 5.56 Å². The molecule has 0 aliphatic carbocycles. The number of amides is 1. The van der Waals surface area contributed by atoms with E-state index in [-0.39, 0.29) is 11.9 Å². The van der Waals surface area contributed by atoms with Gasteiger partial charge in [0.15, 0.2) is 0 Å². The van der Waals surface area contributed by atoms with Gasteiger partial charge in [-0.1, -0.05) is 49.4 Å². The van der Waals surface area contributed by atoms with Gasteiger partial charge in [0.05, 0.1) is 5.56 Å². The highest BCUT2D eigenvalue weighted by Gasteiger charge is 2.15. The maximum atomic E-state index is 12.4. The number of anilines is 1. The van der Waals surface area contributed by atoms with E-state index in [1.54, 1.807) is 0 Å². The first-order chi connectivity index (χ1) is 10.2.